The molecular formula is C3H5NO. The van der Waals surface area contributed by atoms with Crippen LogP contribution in [0.3, 0.4) is 0 Å². The molecule has 2 nitrogen and oxygen atoms in total. The van der Waals surface area contributed by atoms with Crippen LogP contribution in [0.5, 0.6) is 0 Å². The van der Waals surface area contributed by atoms with Gasteiger partial charge in [0, 0.05) is 0 Å². The monoisotopic (exact) mass is 71.0 g/mol. The van der Waals surface area contributed by atoms with E-state index in [1.165, 1.54) is 6.92 Å². The van der Waals surface area contributed by atoms with E-state index in [9.17, 15) is 4.79 Å². The maximum atomic E-state index is 9.28. The van der Waals surface area contributed by atoms with Gasteiger partial charge in [0.15, 0.2) is 6.29 Å². The van der Waals surface area contributed by atoms with Gasteiger partial charge in [0.2, 0.25) is 0 Å². The van der Waals surface area contributed by atoms with Crippen molar-refractivity contribution in [3.8, 4) is 0 Å². The second-order valence-corrected chi connectivity index (χ2v) is 0.801. The molecule has 0 radical (unpaired) electrons. The van der Waals surface area contributed by atoms with Gasteiger partial charge in [-0.1, -0.05) is 0 Å². The summed E-state index contributed by atoms with van der Waals surface area (Å²) in [6.07, 6.45) is 0.500. The first-order chi connectivity index (χ1) is 2.27. The Bertz CT molecular complexity index is 57.9. The van der Waals surface area contributed by atoms with Gasteiger partial charge in [-0.2, -0.15) is 0 Å². The van der Waals surface area contributed by atoms with Crippen molar-refractivity contribution >= 4 is 12.0 Å². The molecule has 0 amide bonds. The fraction of sp³-hybridized carbons (Fsp3) is 0.333. The average Bonchev–Trinajstić information content (AvgIpc) is 1.38. The van der Waals surface area contributed by atoms with Crippen molar-refractivity contribution in [3.63, 3.8) is 0 Å². The molecule has 5 heavy (non-hydrogen) atoms. The number of aldehydes is 1. The highest BCUT2D eigenvalue weighted by atomic mass is 16.1. The molecule has 0 unspecified atom stereocenters. The van der Waals surface area contributed by atoms with E-state index in [0.717, 1.165) is 0 Å². The Kier molecular flexibility index (Phi) is 1.42. The van der Waals surface area contributed by atoms with Crippen LogP contribution in [0.25, 0.3) is 0 Å². The summed E-state index contributed by atoms with van der Waals surface area (Å²) in [5, 5.41) is 6.38. The molecule has 0 fully saturated rings. The molecule has 0 aromatic rings. The normalized spacial score (nSPS) is 6.60. The zero-order valence-corrected chi connectivity index (χ0v) is 2.99. The molecule has 0 saturated heterocycles. The van der Waals surface area contributed by atoms with Crippen molar-refractivity contribution in [1.29, 1.82) is 5.41 Å². The second kappa shape index (κ2) is 1.64. The molecule has 0 atom stereocenters. The molecule has 0 aromatic heterocycles. The van der Waals surface area contributed by atoms with Crippen LogP contribution < -0.4 is 0 Å². The fourth-order valence-corrected chi connectivity index (χ4v) is 0. The summed E-state index contributed by atoms with van der Waals surface area (Å²) in [6.45, 7) is 1.44. The van der Waals surface area contributed by atoms with Crippen molar-refractivity contribution in [2.24, 2.45) is 0 Å². The molecule has 0 rings (SSSR count). The number of hydrogen-bond donors (Lipinski definition) is 1. The lowest BCUT2D eigenvalue weighted by atomic mass is 10.5. The maximum Gasteiger partial charge on any atom is 0.163 e. The van der Waals surface area contributed by atoms with Crippen LogP contribution in [0.1, 0.15) is 6.92 Å². The number of hydrogen-bond acceptors (Lipinski definition) is 2. The predicted octanol–water partition coefficient (Wildman–Crippen LogP) is 0.225. The van der Waals surface area contributed by atoms with E-state index in [1.54, 1.807) is 0 Å². The molecule has 0 aliphatic heterocycles. The third kappa shape index (κ3) is 3.34. The molecular weight excluding hydrogens is 66.0 g/mol. The van der Waals surface area contributed by atoms with Gasteiger partial charge in [0.05, 0.1) is 5.71 Å². The first-order valence-corrected chi connectivity index (χ1v) is 1.27. The van der Waals surface area contributed by atoms with Crippen LogP contribution in [-0.2, 0) is 4.79 Å². The highest BCUT2D eigenvalue weighted by Crippen LogP contribution is 1.50. The maximum absolute atomic E-state index is 9.28. The molecule has 0 aliphatic rings. The van der Waals surface area contributed by atoms with E-state index in [2.05, 4.69) is 0 Å². The predicted molar refractivity (Wildman–Crippen MR) is 19.5 cm³/mol. The smallest absolute Gasteiger partial charge is 0.163 e. The van der Waals surface area contributed by atoms with Gasteiger partial charge in [0.1, 0.15) is 0 Å². The third-order valence-electron chi connectivity index (χ3n) is 0.177. The van der Waals surface area contributed by atoms with Crippen LogP contribution in [0.2, 0.25) is 0 Å². The largest absolute Gasteiger partial charge is 0.302 e. The molecule has 0 spiro atoms. The highest BCUT2D eigenvalue weighted by molar-refractivity contribution is 6.25. The lowest BCUT2D eigenvalue weighted by Crippen LogP contribution is -1.84. The number of nitrogens with one attached hydrogen (secondary N) is 1. The minimum absolute atomic E-state index is 0.0741. The van der Waals surface area contributed by atoms with E-state index in [-0.39, 0.29) is 5.71 Å². The van der Waals surface area contributed by atoms with Crippen LogP contribution in [0, 0.1) is 5.41 Å². The van der Waals surface area contributed by atoms with Gasteiger partial charge in [-0.3, -0.25) is 4.79 Å². The molecule has 0 aromatic carbocycles. The third-order valence-corrected chi connectivity index (χ3v) is 0.177. The number of carbonyl (C=O) groups is 1. The van der Waals surface area contributed by atoms with E-state index in [4.69, 9.17) is 5.41 Å². The molecule has 2 heteroatoms. The minimum Gasteiger partial charge on any atom is -0.302 e. The summed E-state index contributed by atoms with van der Waals surface area (Å²) in [4.78, 5) is 9.28. The highest BCUT2D eigenvalue weighted by Gasteiger charge is 1.69. The summed E-state index contributed by atoms with van der Waals surface area (Å²) >= 11 is 0. The Labute approximate surface area is 30.3 Å². The van der Waals surface area contributed by atoms with E-state index in [0.29, 0.717) is 6.29 Å². The Morgan fingerprint density at radius 1 is 2.00 bits per heavy atom. The van der Waals surface area contributed by atoms with E-state index >= 15 is 0 Å². The average molecular weight is 71.1 g/mol. The Hall–Kier alpha value is -0.660. The van der Waals surface area contributed by atoms with Gasteiger partial charge in [0.25, 0.3) is 0 Å². The zero-order valence-electron chi connectivity index (χ0n) is 2.99. The SMILES string of the molecule is CC(=N)C=O. The first-order valence-electron chi connectivity index (χ1n) is 1.27. The summed E-state index contributed by atoms with van der Waals surface area (Å²) in [6, 6.07) is 0. The Morgan fingerprint density at radius 3 is 2.20 bits per heavy atom. The number of rotatable bonds is 1. The van der Waals surface area contributed by atoms with E-state index in [1.807, 2.05) is 0 Å². The molecule has 28 valence electrons. The van der Waals surface area contributed by atoms with Crippen LogP contribution in [-0.4, -0.2) is 12.0 Å². The standard InChI is InChI=1S/C3H5NO/c1-3(4)2-5/h2,4H,1H3. The molecule has 0 bridgehead atoms. The summed E-state index contributed by atoms with van der Waals surface area (Å²) < 4.78 is 0. The lowest BCUT2D eigenvalue weighted by molar-refractivity contribution is -0.102. The fourth-order valence-electron chi connectivity index (χ4n) is 0. The molecule has 0 saturated carbocycles. The summed E-state index contributed by atoms with van der Waals surface area (Å²) in [7, 11) is 0. The van der Waals surface area contributed by atoms with Crippen LogP contribution >= 0.6 is 0 Å². The lowest BCUT2D eigenvalue weighted by Gasteiger charge is -1.63. The van der Waals surface area contributed by atoms with Gasteiger partial charge in [-0.05, 0) is 6.92 Å². The first kappa shape index (κ1) is 4.34. The van der Waals surface area contributed by atoms with Gasteiger partial charge >= 0.3 is 0 Å². The van der Waals surface area contributed by atoms with Crippen LogP contribution in [0.4, 0.5) is 0 Å². The molecule has 1 N–H and O–H groups in total. The van der Waals surface area contributed by atoms with Gasteiger partial charge in [-0.15, -0.1) is 0 Å². The van der Waals surface area contributed by atoms with Crippen molar-refractivity contribution in [3.05, 3.63) is 0 Å². The van der Waals surface area contributed by atoms with Crippen LogP contribution in [0.15, 0.2) is 0 Å². The summed E-state index contributed by atoms with van der Waals surface area (Å²) in [5.41, 5.74) is 0.0741. The van der Waals surface area contributed by atoms with E-state index < -0.39 is 0 Å². The number of carbonyl (C=O) groups excluding carboxylic acids is 1. The van der Waals surface area contributed by atoms with Gasteiger partial charge < -0.3 is 5.41 Å². The topological polar surface area (TPSA) is 40.9 Å². The summed E-state index contributed by atoms with van der Waals surface area (Å²) in [5.74, 6) is 0. The van der Waals surface area contributed by atoms with Crippen molar-refractivity contribution in [2.75, 3.05) is 0 Å². The van der Waals surface area contributed by atoms with Crippen molar-refractivity contribution in [2.45, 2.75) is 6.92 Å². The minimum atomic E-state index is 0.0741. The quantitative estimate of drug-likeness (QED) is 0.349. The zero-order chi connectivity index (χ0) is 4.28. The van der Waals surface area contributed by atoms with Crippen molar-refractivity contribution < 1.29 is 4.79 Å². The van der Waals surface area contributed by atoms with Gasteiger partial charge in [-0.25, -0.2) is 0 Å². The second-order valence-electron chi connectivity index (χ2n) is 0.801. The molecule has 0 aliphatic carbocycles. The Balaban J connectivity index is 3.20. The van der Waals surface area contributed by atoms with Crippen molar-refractivity contribution in [1.82, 2.24) is 0 Å². The Morgan fingerprint density at radius 2 is 2.20 bits per heavy atom. The molecule has 0 heterocycles.